The van der Waals surface area contributed by atoms with Crippen molar-refractivity contribution in [3.05, 3.63) is 34.9 Å². The van der Waals surface area contributed by atoms with E-state index in [-0.39, 0.29) is 11.8 Å². The third kappa shape index (κ3) is 3.06. The van der Waals surface area contributed by atoms with Gasteiger partial charge in [-0.05, 0) is 31.2 Å². The van der Waals surface area contributed by atoms with E-state index < -0.39 is 0 Å². The van der Waals surface area contributed by atoms with Gasteiger partial charge in [0.25, 0.3) is 0 Å². The van der Waals surface area contributed by atoms with Crippen LogP contribution in [-0.2, 0) is 4.74 Å². The first kappa shape index (κ1) is 12.6. The highest BCUT2D eigenvalue weighted by Crippen LogP contribution is 2.14. The quantitative estimate of drug-likeness (QED) is 0.774. The zero-order valence-electron chi connectivity index (χ0n) is 9.86. The maximum atomic E-state index is 12.2. The van der Waals surface area contributed by atoms with Crippen LogP contribution in [0, 0.1) is 0 Å². The van der Waals surface area contributed by atoms with Gasteiger partial charge in [0.05, 0.1) is 19.3 Å². The number of halogens is 1. The molecule has 2 rings (SSSR count). The van der Waals surface area contributed by atoms with Gasteiger partial charge in [-0.15, -0.1) is 0 Å². The minimum absolute atomic E-state index is 0.0972. The molecule has 1 saturated heterocycles. The van der Waals surface area contributed by atoms with E-state index in [4.69, 9.17) is 16.3 Å². The van der Waals surface area contributed by atoms with Crippen molar-refractivity contribution in [3.63, 3.8) is 0 Å². The number of morpholine rings is 1. The summed E-state index contributed by atoms with van der Waals surface area (Å²) in [6.07, 6.45) is 0. The second-order valence-electron chi connectivity index (χ2n) is 4.20. The van der Waals surface area contributed by atoms with E-state index in [1.165, 1.54) is 0 Å². The Kier molecular flexibility index (Phi) is 4.15. The van der Waals surface area contributed by atoms with Gasteiger partial charge in [-0.2, -0.15) is 0 Å². The van der Waals surface area contributed by atoms with Crippen molar-refractivity contribution in [3.8, 4) is 0 Å². The molecule has 3 nitrogen and oxygen atoms in total. The maximum Gasteiger partial charge on any atom is 0.179 e. The van der Waals surface area contributed by atoms with Crippen LogP contribution in [0.3, 0.4) is 0 Å². The van der Waals surface area contributed by atoms with E-state index in [9.17, 15) is 4.79 Å². The minimum Gasteiger partial charge on any atom is -0.379 e. The molecular weight excluding hydrogens is 238 g/mol. The van der Waals surface area contributed by atoms with Crippen LogP contribution in [0.25, 0.3) is 0 Å². The number of nitrogens with zero attached hydrogens (tertiary/aromatic N) is 1. The van der Waals surface area contributed by atoms with Gasteiger partial charge in [0.15, 0.2) is 5.78 Å². The van der Waals surface area contributed by atoms with Crippen LogP contribution in [0.1, 0.15) is 17.3 Å². The fourth-order valence-corrected chi connectivity index (χ4v) is 2.11. The van der Waals surface area contributed by atoms with Gasteiger partial charge in [0.2, 0.25) is 0 Å². The van der Waals surface area contributed by atoms with Gasteiger partial charge in [0.1, 0.15) is 0 Å². The Bertz CT molecular complexity index is 385. The molecule has 0 bridgehead atoms. The number of carbonyl (C=O) groups is 1. The van der Waals surface area contributed by atoms with E-state index in [1.807, 2.05) is 6.92 Å². The SMILES string of the molecule is CC(C(=O)c1ccc(Cl)cc1)N1CCOCC1. The molecule has 1 aliphatic rings. The normalized spacial score (nSPS) is 18.9. The van der Waals surface area contributed by atoms with Crippen molar-refractivity contribution in [2.45, 2.75) is 13.0 Å². The monoisotopic (exact) mass is 253 g/mol. The molecule has 4 heteroatoms. The van der Waals surface area contributed by atoms with Gasteiger partial charge in [-0.1, -0.05) is 11.6 Å². The lowest BCUT2D eigenvalue weighted by atomic mass is 10.0. The summed E-state index contributed by atoms with van der Waals surface area (Å²) in [6, 6.07) is 6.96. The number of ether oxygens (including phenoxy) is 1. The van der Waals surface area contributed by atoms with Gasteiger partial charge in [-0.3, -0.25) is 9.69 Å². The molecule has 92 valence electrons. The molecular formula is C13H16ClNO2. The van der Waals surface area contributed by atoms with Crippen LogP contribution in [0.15, 0.2) is 24.3 Å². The Hall–Kier alpha value is -0.900. The largest absolute Gasteiger partial charge is 0.379 e. The predicted molar refractivity (Wildman–Crippen MR) is 67.6 cm³/mol. The molecule has 0 N–H and O–H groups in total. The van der Waals surface area contributed by atoms with Crippen LogP contribution >= 0.6 is 11.6 Å². The molecule has 1 aromatic rings. The molecule has 0 spiro atoms. The lowest BCUT2D eigenvalue weighted by Gasteiger charge is -2.31. The van der Waals surface area contributed by atoms with E-state index in [0.717, 1.165) is 13.1 Å². The van der Waals surface area contributed by atoms with E-state index in [0.29, 0.717) is 23.8 Å². The third-order valence-electron chi connectivity index (χ3n) is 3.10. The summed E-state index contributed by atoms with van der Waals surface area (Å²) in [4.78, 5) is 14.4. The Morgan fingerprint density at radius 2 is 1.88 bits per heavy atom. The number of rotatable bonds is 3. The second kappa shape index (κ2) is 5.63. The van der Waals surface area contributed by atoms with E-state index in [2.05, 4.69) is 4.90 Å². The van der Waals surface area contributed by atoms with Crippen molar-refractivity contribution in [2.24, 2.45) is 0 Å². The molecule has 0 saturated carbocycles. The number of carbonyl (C=O) groups excluding carboxylic acids is 1. The zero-order valence-corrected chi connectivity index (χ0v) is 10.6. The zero-order chi connectivity index (χ0) is 12.3. The fraction of sp³-hybridized carbons (Fsp3) is 0.462. The summed E-state index contributed by atoms with van der Waals surface area (Å²) in [5.74, 6) is 0.142. The first-order valence-electron chi connectivity index (χ1n) is 5.80. The minimum atomic E-state index is -0.0972. The predicted octanol–water partition coefficient (Wildman–Crippen LogP) is 2.24. The summed E-state index contributed by atoms with van der Waals surface area (Å²) < 4.78 is 5.28. The lowest BCUT2D eigenvalue weighted by molar-refractivity contribution is 0.0208. The Morgan fingerprint density at radius 3 is 2.47 bits per heavy atom. The average molecular weight is 254 g/mol. The summed E-state index contributed by atoms with van der Waals surface area (Å²) >= 11 is 5.81. The molecule has 0 radical (unpaired) electrons. The maximum absolute atomic E-state index is 12.2. The molecule has 1 unspecified atom stereocenters. The number of benzene rings is 1. The van der Waals surface area contributed by atoms with Gasteiger partial charge in [0, 0.05) is 23.7 Å². The lowest BCUT2D eigenvalue weighted by Crippen LogP contribution is -2.45. The molecule has 1 atom stereocenters. The first-order chi connectivity index (χ1) is 8.18. The fourth-order valence-electron chi connectivity index (χ4n) is 1.99. The highest BCUT2D eigenvalue weighted by Gasteiger charge is 2.23. The molecule has 1 fully saturated rings. The standard InChI is InChI=1S/C13H16ClNO2/c1-10(15-6-8-17-9-7-15)13(16)11-2-4-12(14)5-3-11/h2-5,10H,6-9H2,1H3. The Balaban J connectivity index is 2.05. The molecule has 1 aliphatic heterocycles. The van der Waals surface area contributed by atoms with E-state index >= 15 is 0 Å². The van der Waals surface area contributed by atoms with Crippen LogP contribution < -0.4 is 0 Å². The van der Waals surface area contributed by atoms with Crippen LogP contribution in [0.5, 0.6) is 0 Å². The number of hydrogen-bond acceptors (Lipinski definition) is 3. The first-order valence-corrected chi connectivity index (χ1v) is 6.18. The van der Waals surface area contributed by atoms with Crippen molar-refractivity contribution in [2.75, 3.05) is 26.3 Å². The molecule has 0 amide bonds. The third-order valence-corrected chi connectivity index (χ3v) is 3.35. The number of ketones is 1. The van der Waals surface area contributed by atoms with Crippen molar-refractivity contribution in [1.82, 2.24) is 4.90 Å². The van der Waals surface area contributed by atoms with Crippen LogP contribution in [0.2, 0.25) is 5.02 Å². The summed E-state index contributed by atoms with van der Waals surface area (Å²) in [7, 11) is 0. The van der Waals surface area contributed by atoms with Gasteiger partial charge in [-0.25, -0.2) is 0 Å². The second-order valence-corrected chi connectivity index (χ2v) is 4.63. The molecule has 17 heavy (non-hydrogen) atoms. The summed E-state index contributed by atoms with van der Waals surface area (Å²) in [5.41, 5.74) is 0.716. The Morgan fingerprint density at radius 1 is 1.29 bits per heavy atom. The smallest absolute Gasteiger partial charge is 0.179 e. The summed E-state index contributed by atoms with van der Waals surface area (Å²) in [5, 5.41) is 0.653. The number of Topliss-reactive ketones (excluding diaryl/α,β-unsaturated/α-hetero) is 1. The molecule has 0 aromatic heterocycles. The molecule has 1 aromatic carbocycles. The van der Waals surface area contributed by atoms with Crippen LogP contribution in [-0.4, -0.2) is 43.0 Å². The van der Waals surface area contributed by atoms with Crippen molar-refractivity contribution < 1.29 is 9.53 Å². The van der Waals surface area contributed by atoms with Crippen molar-refractivity contribution >= 4 is 17.4 Å². The summed E-state index contributed by atoms with van der Waals surface area (Å²) in [6.45, 7) is 5.00. The van der Waals surface area contributed by atoms with Crippen molar-refractivity contribution in [1.29, 1.82) is 0 Å². The molecule has 1 heterocycles. The van der Waals surface area contributed by atoms with E-state index in [1.54, 1.807) is 24.3 Å². The highest BCUT2D eigenvalue weighted by atomic mass is 35.5. The van der Waals surface area contributed by atoms with Crippen LogP contribution in [0.4, 0.5) is 0 Å². The highest BCUT2D eigenvalue weighted by molar-refractivity contribution is 6.30. The topological polar surface area (TPSA) is 29.5 Å². The molecule has 0 aliphatic carbocycles. The van der Waals surface area contributed by atoms with Gasteiger partial charge < -0.3 is 4.74 Å². The van der Waals surface area contributed by atoms with Gasteiger partial charge >= 0.3 is 0 Å². The average Bonchev–Trinajstić information content (AvgIpc) is 2.39. The number of hydrogen-bond donors (Lipinski definition) is 0. The Labute approximate surface area is 106 Å².